The number of aryl methyl sites for hydroxylation is 1. The first-order valence-corrected chi connectivity index (χ1v) is 9.18. The van der Waals surface area contributed by atoms with Gasteiger partial charge in [-0.1, -0.05) is 28.1 Å². The molecule has 0 bridgehead atoms. The molecule has 0 spiro atoms. The first-order chi connectivity index (χ1) is 11.4. The van der Waals surface area contributed by atoms with E-state index >= 15 is 0 Å². The average Bonchev–Trinajstić information content (AvgIpc) is 2.52. The maximum Gasteiger partial charge on any atom is 0.276 e. The fourth-order valence-corrected chi connectivity index (χ4v) is 3.90. The Bertz CT molecular complexity index is 758. The van der Waals surface area contributed by atoms with Crippen LogP contribution in [0.25, 0.3) is 0 Å². The van der Waals surface area contributed by atoms with Crippen molar-refractivity contribution in [3.63, 3.8) is 0 Å². The number of benzene rings is 2. The Morgan fingerprint density at radius 2 is 1.75 bits per heavy atom. The van der Waals surface area contributed by atoms with Gasteiger partial charge in [-0.2, -0.15) is 0 Å². The summed E-state index contributed by atoms with van der Waals surface area (Å²) in [6.45, 7) is 1.65. The number of ether oxygens (including phenoxy) is 1. The molecule has 5 nitrogen and oxygen atoms in total. The van der Waals surface area contributed by atoms with Crippen LogP contribution in [0, 0.1) is 6.92 Å². The van der Waals surface area contributed by atoms with Crippen molar-refractivity contribution >= 4 is 59.6 Å². The van der Waals surface area contributed by atoms with E-state index in [1.165, 1.54) is 0 Å². The van der Waals surface area contributed by atoms with Gasteiger partial charge in [0.1, 0.15) is 5.75 Å². The highest BCUT2D eigenvalue weighted by atomic mass is 79.9. The van der Waals surface area contributed by atoms with Crippen LogP contribution in [0.1, 0.15) is 15.9 Å². The molecule has 0 aliphatic carbocycles. The molecule has 2 amide bonds. The monoisotopic (exact) mass is 518 g/mol. The van der Waals surface area contributed by atoms with Crippen molar-refractivity contribution in [1.82, 2.24) is 10.9 Å². The van der Waals surface area contributed by atoms with Crippen LogP contribution in [0.3, 0.4) is 0 Å². The third kappa shape index (κ3) is 5.06. The molecule has 2 rings (SSSR count). The topological polar surface area (TPSA) is 67.4 Å². The number of carbonyl (C=O) groups is 2. The predicted molar refractivity (Wildman–Crippen MR) is 102 cm³/mol. The van der Waals surface area contributed by atoms with E-state index in [1.54, 1.807) is 24.3 Å². The lowest BCUT2D eigenvalue weighted by atomic mass is 10.2. The van der Waals surface area contributed by atoms with Crippen LogP contribution in [0.5, 0.6) is 5.75 Å². The standard InChI is InChI=1S/C16H13Br3N2O3/c1-9-6-10(17)7-13(19)15(9)24-8-14(22)20-21-16(23)11-4-2-3-5-12(11)18/h2-7H,8H2,1H3,(H,20,22)(H,21,23). The number of hydrogen-bond donors (Lipinski definition) is 2. The number of nitrogens with one attached hydrogen (secondary N) is 2. The third-order valence-electron chi connectivity index (χ3n) is 2.98. The summed E-state index contributed by atoms with van der Waals surface area (Å²) in [4.78, 5) is 23.8. The van der Waals surface area contributed by atoms with Gasteiger partial charge in [-0.05, 0) is 68.6 Å². The van der Waals surface area contributed by atoms with Gasteiger partial charge in [0.05, 0.1) is 10.0 Å². The van der Waals surface area contributed by atoms with E-state index in [9.17, 15) is 9.59 Å². The summed E-state index contributed by atoms with van der Waals surface area (Å²) in [5, 5.41) is 0. The van der Waals surface area contributed by atoms with Crippen molar-refractivity contribution in [3.05, 3.63) is 60.9 Å². The molecular formula is C16H13Br3N2O3. The van der Waals surface area contributed by atoms with Crippen LogP contribution in [0.4, 0.5) is 0 Å². The van der Waals surface area contributed by atoms with Crippen molar-refractivity contribution in [1.29, 1.82) is 0 Å². The quantitative estimate of drug-likeness (QED) is 0.596. The Balaban J connectivity index is 1.88. The van der Waals surface area contributed by atoms with E-state index in [0.717, 1.165) is 14.5 Å². The maximum atomic E-state index is 12.0. The van der Waals surface area contributed by atoms with Crippen molar-refractivity contribution in [2.75, 3.05) is 6.61 Å². The SMILES string of the molecule is Cc1cc(Br)cc(Br)c1OCC(=O)NNC(=O)c1ccccc1Br. The number of hydrazine groups is 1. The number of rotatable bonds is 4. The first kappa shape index (κ1) is 19.0. The second kappa shape index (κ2) is 8.64. The first-order valence-electron chi connectivity index (χ1n) is 6.80. The summed E-state index contributed by atoms with van der Waals surface area (Å²) in [5.74, 6) is -0.313. The van der Waals surface area contributed by atoms with Crippen molar-refractivity contribution in [2.24, 2.45) is 0 Å². The number of carbonyl (C=O) groups excluding carboxylic acids is 2. The molecule has 0 atom stereocenters. The molecule has 0 aromatic heterocycles. The molecule has 0 aliphatic heterocycles. The zero-order valence-corrected chi connectivity index (χ0v) is 17.3. The Hall–Kier alpha value is -1.38. The zero-order chi connectivity index (χ0) is 17.7. The highest BCUT2D eigenvalue weighted by molar-refractivity contribution is 9.11. The molecule has 8 heteroatoms. The van der Waals surface area contributed by atoms with E-state index in [0.29, 0.717) is 15.8 Å². The van der Waals surface area contributed by atoms with Crippen LogP contribution in [0.15, 0.2) is 49.8 Å². The molecule has 2 aromatic carbocycles. The van der Waals surface area contributed by atoms with Gasteiger partial charge in [-0.15, -0.1) is 0 Å². The van der Waals surface area contributed by atoms with Gasteiger partial charge in [-0.3, -0.25) is 20.4 Å². The Kier molecular flexibility index (Phi) is 6.82. The molecule has 0 radical (unpaired) electrons. The second-order valence-corrected chi connectivity index (χ2v) is 7.43. The van der Waals surface area contributed by atoms with Crippen molar-refractivity contribution < 1.29 is 14.3 Å². The van der Waals surface area contributed by atoms with E-state index in [4.69, 9.17) is 4.74 Å². The van der Waals surface area contributed by atoms with Crippen LogP contribution < -0.4 is 15.6 Å². The predicted octanol–water partition coefficient (Wildman–Crippen LogP) is 4.12. The molecule has 0 aliphatic rings. The van der Waals surface area contributed by atoms with Gasteiger partial charge >= 0.3 is 0 Å². The molecule has 2 N–H and O–H groups in total. The number of hydrogen-bond acceptors (Lipinski definition) is 3. The van der Waals surface area contributed by atoms with E-state index < -0.39 is 11.8 Å². The minimum Gasteiger partial charge on any atom is -0.482 e. The van der Waals surface area contributed by atoms with E-state index in [1.807, 2.05) is 19.1 Å². The molecule has 24 heavy (non-hydrogen) atoms. The van der Waals surface area contributed by atoms with Gasteiger partial charge < -0.3 is 4.74 Å². The van der Waals surface area contributed by atoms with Crippen molar-refractivity contribution in [2.45, 2.75) is 6.92 Å². The van der Waals surface area contributed by atoms with Crippen LogP contribution in [0.2, 0.25) is 0 Å². The third-order valence-corrected chi connectivity index (χ3v) is 4.71. The summed E-state index contributed by atoms with van der Waals surface area (Å²) in [5.41, 5.74) is 5.96. The summed E-state index contributed by atoms with van der Waals surface area (Å²) in [7, 11) is 0. The minimum absolute atomic E-state index is 0.225. The highest BCUT2D eigenvalue weighted by Gasteiger charge is 2.12. The lowest BCUT2D eigenvalue weighted by molar-refractivity contribution is -0.123. The highest BCUT2D eigenvalue weighted by Crippen LogP contribution is 2.32. The Labute approximate surface area is 164 Å². The van der Waals surface area contributed by atoms with Crippen molar-refractivity contribution in [3.8, 4) is 5.75 Å². The lowest BCUT2D eigenvalue weighted by Crippen LogP contribution is -2.44. The van der Waals surface area contributed by atoms with Gasteiger partial charge in [0.15, 0.2) is 6.61 Å². The molecule has 126 valence electrons. The fourth-order valence-electron chi connectivity index (χ4n) is 1.88. The zero-order valence-electron chi connectivity index (χ0n) is 12.5. The van der Waals surface area contributed by atoms with Crippen LogP contribution in [-0.4, -0.2) is 18.4 Å². The van der Waals surface area contributed by atoms with E-state index in [2.05, 4.69) is 58.6 Å². The van der Waals surface area contributed by atoms with Gasteiger partial charge in [-0.25, -0.2) is 0 Å². The average molecular weight is 521 g/mol. The van der Waals surface area contributed by atoms with Gasteiger partial charge in [0.25, 0.3) is 11.8 Å². The Morgan fingerprint density at radius 1 is 1.04 bits per heavy atom. The lowest BCUT2D eigenvalue weighted by Gasteiger charge is -2.12. The molecule has 0 fully saturated rings. The minimum atomic E-state index is -0.468. The van der Waals surface area contributed by atoms with Crippen LogP contribution in [-0.2, 0) is 4.79 Å². The maximum absolute atomic E-state index is 12.0. The van der Waals surface area contributed by atoms with Crippen LogP contribution >= 0.6 is 47.8 Å². The van der Waals surface area contributed by atoms with Gasteiger partial charge in [0.2, 0.25) is 0 Å². The largest absolute Gasteiger partial charge is 0.482 e. The normalized spacial score (nSPS) is 10.2. The molecular weight excluding hydrogens is 508 g/mol. The Morgan fingerprint density at radius 3 is 2.42 bits per heavy atom. The molecule has 0 heterocycles. The summed E-state index contributed by atoms with van der Waals surface area (Å²) >= 11 is 10.0. The molecule has 0 unspecified atom stereocenters. The summed E-state index contributed by atoms with van der Waals surface area (Å²) < 4.78 is 7.79. The van der Waals surface area contributed by atoms with Gasteiger partial charge in [0, 0.05) is 8.95 Å². The smallest absolute Gasteiger partial charge is 0.276 e. The molecule has 0 saturated heterocycles. The molecule has 2 aromatic rings. The summed E-state index contributed by atoms with van der Waals surface area (Å²) in [6, 6.07) is 10.6. The van der Waals surface area contributed by atoms with E-state index in [-0.39, 0.29) is 6.61 Å². The second-order valence-electron chi connectivity index (χ2n) is 4.80. The summed E-state index contributed by atoms with van der Waals surface area (Å²) in [6.07, 6.45) is 0. The molecule has 0 saturated carbocycles. The number of halogens is 3. The number of amides is 2. The fraction of sp³-hybridized carbons (Fsp3) is 0.125.